The minimum Gasteiger partial charge on any atom is -0.456 e. The third kappa shape index (κ3) is 4.43. The molecule has 0 saturated heterocycles. The second-order valence-corrected chi connectivity index (χ2v) is 11.8. The van der Waals surface area contributed by atoms with Crippen molar-refractivity contribution in [2.45, 2.75) is 0 Å². The summed E-state index contributed by atoms with van der Waals surface area (Å²) in [6, 6.07) is 62.8. The van der Waals surface area contributed by atoms with Crippen molar-refractivity contribution in [2.75, 3.05) is 4.90 Å². The fraction of sp³-hybridized carbons (Fsp3) is 0. The van der Waals surface area contributed by atoms with Crippen molar-refractivity contribution in [3.05, 3.63) is 176 Å². The third-order valence-corrected chi connectivity index (χ3v) is 9.05. The topological polar surface area (TPSA) is 16.4 Å². The summed E-state index contributed by atoms with van der Waals surface area (Å²) < 4.78 is 6.35. The molecule has 0 fully saturated rings. The summed E-state index contributed by atoms with van der Waals surface area (Å²) in [5, 5.41) is 7.10. The van der Waals surface area contributed by atoms with Crippen molar-refractivity contribution >= 4 is 60.5 Å². The molecule has 1 heterocycles. The number of benzene rings is 8. The monoisotopic (exact) mass is 587 g/mol. The lowest BCUT2D eigenvalue weighted by atomic mass is 9.98. The average Bonchev–Trinajstić information content (AvgIpc) is 3.49. The van der Waals surface area contributed by atoms with Crippen LogP contribution in [0, 0.1) is 0 Å². The van der Waals surface area contributed by atoms with E-state index in [4.69, 9.17) is 4.42 Å². The zero-order valence-corrected chi connectivity index (χ0v) is 25.1. The first kappa shape index (κ1) is 26.3. The molecule has 0 atom stereocenters. The fourth-order valence-corrected chi connectivity index (χ4v) is 6.80. The van der Waals surface area contributed by atoms with Crippen LogP contribution in [0.1, 0.15) is 0 Å². The first-order valence-corrected chi connectivity index (χ1v) is 15.7. The van der Waals surface area contributed by atoms with E-state index in [-0.39, 0.29) is 0 Å². The number of para-hydroxylation sites is 1. The van der Waals surface area contributed by atoms with Gasteiger partial charge in [0, 0.05) is 27.5 Å². The van der Waals surface area contributed by atoms with Gasteiger partial charge in [0.25, 0.3) is 0 Å². The molecule has 2 nitrogen and oxygen atoms in total. The number of nitrogens with zero attached hydrogens (tertiary/aromatic N) is 1. The molecule has 0 aliphatic heterocycles. The molecule has 1 aromatic heterocycles. The number of hydrogen-bond donors (Lipinski definition) is 0. The van der Waals surface area contributed by atoms with E-state index in [1.54, 1.807) is 0 Å². The van der Waals surface area contributed by atoms with Crippen LogP contribution in [0.5, 0.6) is 0 Å². The Morgan fingerprint density at radius 1 is 0.348 bits per heavy atom. The standard InChI is InChI=1S/C44H29NO/c1-2-10-30(11-3-1)31-20-24-35(25-21-31)45(36-26-22-33(23-27-36)38-17-8-13-32-12-4-5-15-37(32)38)42-18-9-14-34-28-41-39-16-6-7-19-43(39)46-44(41)29-40(34)42/h1-29H. The van der Waals surface area contributed by atoms with Crippen molar-refractivity contribution < 1.29 is 4.42 Å². The van der Waals surface area contributed by atoms with Crippen molar-refractivity contribution in [3.8, 4) is 22.3 Å². The van der Waals surface area contributed by atoms with Crippen LogP contribution >= 0.6 is 0 Å². The fourth-order valence-electron chi connectivity index (χ4n) is 6.80. The molecule has 0 unspecified atom stereocenters. The van der Waals surface area contributed by atoms with E-state index in [1.807, 2.05) is 12.1 Å². The Morgan fingerprint density at radius 2 is 0.957 bits per heavy atom. The van der Waals surface area contributed by atoms with Gasteiger partial charge in [0.05, 0.1) is 5.69 Å². The Morgan fingerprint density at radius 3 is 1.76 bits per heavy atom. The lowest BCUT2D eigenvalue weighted by molar-refractivity contribution is 0.669. The Labute approximate surface area is 267 Å². The molecule has 0 radical (unpaired) electrons. The Kier molecular flexibility index (Phi) is 6.17. The van der Waals surface area contributed by atoms with E-state index in [1.165, 1.54) is 38.4 Å². The maximum absolute atomic E-state index is 6.35. The van der Waals surface area contributed by atoms with Gasteiger partial charge in [-0.25, -0.2) is 0 Å². The molecule has 216 valence electrons. The summed E-state index contributed by atoms with van der Waals surface area (Å²) in [5.74, 6) is 0. The molecule has 9 aromatic rings. The van der Waals surface area contributed by atoms with Gasteiger partial charge in [0.1, 0.15) is 11.2 Å². The van der Waals surface area contributed by atoms with Crippen molar-refractivity contribution in [2.24, 2.45) is 0 Å². The van der Waals surface area contributed by atoms with Gasteiger partial charge in [-0.2, -0.15) is 0 Å². The minimum atomic E-state index is 0.895. The maximum atomic E-state index is 6.35. The van der Waals surface area contributed by atoms with Gasteiger partial charge >= 0.3 is 0 Å². The number of anilines is 3. The maximum Gasteiger partial charge on any atom is 0.136 e. The van der Waals surface area contributed by atoms with E-state index in [2.05, 4.69) is 169 Å². The van der Waals surface area contributed by atoms with Crippen LogP contribution < -0.4 is 4.90 Å². The number of rotatable bonds is 5. The number of hydrogen-bond acceptors (Lipinski definition) is 2. The zero-order chi connectivity index (χ0) is 30.5. The second kappa shape index (κ2) is 10.8. The molecule has 8 aromatic carbocycles. The molecule has 0 aliphatic carbocycles. The van der Waals surface area contributed by atoms with Crippen LogP contribution in [0.15, 0.2) is 180 Å². The average molecular weight is 588 g/mol. The Hall–Kier alpha value is -6.12. The first-order valence-electron chi connectivity index (χ1n) is 15.7. The largest absolute Gasteiger partial charge is 0.456 e. The summed E-state index contributed by atoms with van der Waals surface area (Å²) in [7, 11) is 0. The van der Waals surface area contributed by atoms with Crippen molar-refractivity contribution in [3.63, 3.8) is 0 Å². The highest BCUT2D eigenvalue weighted by Gasteiger charge is 2.18. The van der Waals surface area contributed by atoms with E-state index < -0.39 is 0 Å². The van der Waals surface area contributed by atoms with E-state index in [0.29, 0.717) is 0 Å². The van der Waals surface area contributed by atoms with E-state index >= 15 is 0 Å². The normalized spacial score (nSPS) is 11.5. The highest BCUT2D eigenvalue weighted by molar-refractivity contribution is 6.13. The van der Waals surface area contributed by atoms with Gasteiger partial charge in [-0.3, -0.25) is 0 Å². The first-order chi connectivity index (χ1) is 22.8. The molecule has 0 N–H and O–H groups in total. The molecule has 46 heavy (non-hydrogen) atoms. The zero-order valence-electron chi connectivity index (χ0n) is 25.1. The summed E-state index contributed by atoms with van der Waals surface area (Å²) in [6.45, 7) is 0. The van der Waals surface area contributed by atoms with E-state index in [9.17, 15) is 0 Å². The summed E-state index contributed by atoms with van der Waals surface area (Å²) in [4.78, 5) is 2.36. The molecule has 0 saturated carbocycles. The smallest absolute Gasteiger partial charge is 0.136 e. The highest BCUT2D eigenvalue weighted by Crippen LogP contribution is 2.42. The van der Waals surface area contributed by atoms with Crippen LogP contribution in [-0.4, -0.2) is 0 Å². The van der Waals surface area contributed by atoms with Crippen molar-refractivity contribution in [1.29, 1.82) is 0 Å². The predicted molar refractivity (Wildman–Crippen MR) is 194 cm³/mol. The van der Waals surface area contributed by atoms with Crippen LogP contribution in [0.4, 0.5) is 17.1 Å². The Bertz CT molecular complexity index is 2500. The molecule has 0 spiro atoms. The second-order valence-electron chi connectivity index (χ2n) is 11.8. The predicted octanol–water partition coefficient (Wildman–Crippen LogP) is 12.7. The van der Waals surface area contributed by atoms with Gasteiger partial charge in [0.15, 0.2) is 0 Å². The molecular weight excluding hydrogens is 558 g/mol. The number of furan rings is 1. The SMILES string of the molecule is c1ccc(-c2ccc(N(c3ccc(-c4cccc5ccccc45)cc3)c3cccc4cc5c(cc34)oc3ccccc35)cc2)cc1. The molecular formula is C44H29NO. The van der Waals surface area contributed by atoms with E-state index in [0.717, 1.165) is 44.4 Å². The van der Waals surface area contributed by atoms with Crippen molar-refractivity contribution in [1.82, 2.24) is 0 Å². The molecule has 2 heteroatoms. The minimum absolute atomic E-state index is 0.895. The van der Waals surface area contributed by atoms with Crippen LogP contribution in [0.3, 0.4) is 0 Å². The molecule has 0 amide bonds. The summed E-state index contributed by atoms with van der Waals surface area (Å²) >= 11 is 0. The van der Waals surface area contributed by atoms with Gasteiger partial charge < -0.3 is 9.32 Å². The van der Waals surface area contributed by atoms with Crippen LogP contribution in [0.2, 0.25) is 0 Å². The lowest BCUT2D eigenvalue weighted by Crippen LogP contribution is -2.10. The van der Waals surface area contributed by atoms with Gasteiger partial charge in [-0.15, -0.1) is 0 Å². The quantitative estimate of drug-likeness (QED) is 0.199. The molecule has 0 bridgehead atoms. The van der Waals surface area contributed by atoms with Gasteiger partial charge in [-0.1, -0.05) is 127 Å². The van der Waals surface area contributed by atoms with Gasteiger partial charge in [-0.05, 0) is 86.9 Å². The lowest BCUT2D eigenvalue weighted by Gasteiger charge is -2.27. The molecule has 9 rings (SSSR count). The van der Waals surface area contributed by atoms with Crippen LogP contribution in [-0.2, 0) is 0 Å². The summed E-state index contributed by atoms with van der Waals surface area (Å²) in [5.41, 5.74) is 9.92. The van der Waals surface area contributed by atoms with Gasteiger partial charge in [0.2, 0.25) is 0 Å². The molecule has 0 aliphatic rings. The summed E-state index contributed by atoms with van der Waals surface area (Å²) in [6.07, 6.45) is 0. The third-order valence-electron chi connectivity index (χ3n) is 9.05. The van der Waals surface area contributed by atoms with Crippen LogP contribution in [0.25, 0.3) is 65.7 Å². The highest BCUT2D eigenvalue weighted by atomic mass is 16.3. The Balaban J connectivity index is 1.22. The number of fused-ring (bicyclic) bond motifs is 5.